The van der Waals surface area contributed by atoms with Gasteiger partial charge in [-0.05, 0) is 57.2 Å². The van der Waals surface area contributed by atoms with E-state index in [0.29, 0.717) is 18.4 Å². The summed E-state index contributed by atoms with van der Waals surface area (Å²) in [7, 11) is -3.22. The largest absolute Gasteiger partial charge is 0.507 e. The van der Waals surface area contributed by atoms with E-state index in [1.807, 2.05) is 26.8 Å². The minimum absolute atomic E-state index is 0.0364. The number of ether oxygens (including phenoxy) is 2. The Morgan fingerprint density at radius 2 is 1.88 bits per heavy atom. The van der Waals surface area contributed by atoms with Crippen LogP contribution in [0.4, 0.5) is 4.79 Å². The van der Waals surface area contributed by atoms with Gasteiger partial charge in [0.05, 0.1) is 19.4 Å². The van der Waals surface area contributed by atoms with Crippen molar-refractivity contribution in [3.05, 3.63) is 39.5 Å². The third-order valence-corrected chi connectivity index (χ3v) is 7.47. The second-order valence-electron chi connectivity index (χ2n) is 7.64. The molecule has 0 bridgehead atoms. The predicted molar refractivity (Wildman–Crippen MR) is 124 cm³/mol. The second-order valence-corrected chi connectivity index (χ2v) is 9.83. The Hall–Kier alpha value is -2.35. The lowest BCUT2D eigenvalue weighted by atomic mass is 9.89. The molecule has 1 amide bonds. The van der Waals surface area contributed by atoms with E-state index in [0.717, 1.165) is 22.3 Å². The number of phenols is 1. The molecule has 1 aromatic rings. The molecule has 0 radical (unpaired) electrons. The van der Waals surface area contributed by atoms with Crippen LogP contribution in [0, 0.1) is 6.92 Å². The maximum absolute atomic E-state index is 12.4. The number of aromatic hydroxyl groups is 1. The highest BCUT2D eigenvalue weighted by atomic mass is 31.2. The van der Waals surface area contributed by atoms with Gasteiger partial charge in [0.2, 0.25) is 0 Å². The molecule has 33 heavy (non-hydrogen) atoms. The predicted octanol–water partition coefficient (Wildman–Crippen LogP) is 4.41. The summed E-state index contributed by atoms with van der Waals surface area (Å²) in [6, 6.07) is 0. The van der Waals surface area contributed by atoms with Crippen molar-refractivity contribution in [2.24, 2.45) is 0 Å². The summed E-state index contributed by atoms with van der Waals surface area (Å²) < 4.78 is 33.0. The maximum atomic E-state index is 12.4. The standard InChI is InChI=1S/C23H34NO8P/c1-6-17-16(5)19-14-29-22(26)20(19)21(25)18(17)10-9-15(4)13-30-23(27)24-11-12-33(28,31-7-2)32-8-3/h9,25H,6-8,10-14H2,1-5H3,(H,24,27)/b15-9+. The number of phenolic OH excluding ortho intramolecular Hbond substituents is 1. The van der Waals surface area contributed by atoms with Gasteiger partial charge in [-0.3, -0.25) is 4.57 Å². The number of hydrogen-bond acceptors (Lipinski definition) is 8. The zero-order valence-electron chi connectivity index (χ0n) is 20.0. The summed E-state index contributed by atoms with van der Waals surface area (Å²) in [6.45, 7) is 10.0. The summed E-state index contributed by atoms with van der Waals surface area (Å²) in [5, 5.41) is 13.3. The number of benzene rings is 1. The number of rotatable bonds is 12. The van der Waals surface area contributed by atoms with E-state index in [2.05, 4.69) is 5.32 Å². The molecule has 1 aliphatic rings. The van der Waals surface area contributed by atoms with Crippen LogP contribution in [0.1, 0.15) is 60.3 Å². The molecule has 1 heterocycles. The Morgan fingerprint density at radius 1 is 1.21 bits per heavy atom. The first-order chi connectivity index (χ1) is 15.7. The topological polar surface area (TPSA) is 120 Å². The van der Waals surface area contributed by atoms with Gasteiger partial charge in [-0.15, -0.1) is 0 Å². The molecule has 0 aromatic heterocycles. The van der Waals surface area contributed by atoms with Crippen LogP contribution in [0.3, 0.4) is 0 Å². The van der Waals surface area contributed by atoms with Gasteiger partial charge in [-0.1, -0.05) is 13.0 Å². The molecule has 1 aromatic carbocycles. The Labute approximate surface area is 195 Å². The number of allylic oxidation sites excluding steroid dienone is 1. The fourth-order valence-electron chi connectivity index (χ4n) is 3.76. The average molecular weight is 483 g/mol. The highest BCUT2D eigenvalue weighted by molar-refractivity contribution is 7.53. The molecule has 2 rings (SSSR count). The van der Waals surface area contributed by atoms with E-state index < -0.39 is 19.7 Å². The van der Waals surface area contributed by atoms with E-state index in [1.165, 1.54) is 0 Å². The third-order valence-electron chi connectivity index (χ3n) is 5.39. The summed E-state index contributed by atoms with van der Waals surface area (Å²) in [4.78, 5) is 24.0. The van der Waals surface area contributed by atoms with Gasteiger partial charge >= 0.3 is 19.7 Å². The minimum atomic E-state index is -3.22. The highest BCUT2D eigenvalue weighted by Gasteiger charge is 2.30. The van der Waals surface area contributed by atoms with Crippen LogP contribution in [0.25, 0.3) is 0 Å². The van der Waals surface area contributed by atoms with Crippen molar-refractivity contribution in [1.82, 2.24) is 5.32 Å². The number of alkyl carbamates (subject to hydrolysis) is 1. The molecule has 0 saturated carbocycles. The molecule has 10 heteroatoms. The van der Waals surface area contributed by atoms with Gasteiger partial charge < -0.3 is 28.9 Å². The smallest absolute Gasteiger partial charge is 0.407 e. The molecule has 0 aliphatic carbocycles. The summed E-state index contributed by atoms with van der Waals surface area (Å²) in [5.41, 5.74) is 4.40. The van der Waals surface area contributed by atoms with Crippen LogP contribution in [-0.2, 0) is 42.5 Å². The van der Waals surface area contributed by atoms with E-state index in [-0.39, 0.29) is 50.4 Å². The number of cyclic esters (lactones) is 1. The molecular formula is C23H34NO8P. The molecule has 9 nitrogen and oxygen atoms in total. The quantitative estimate of drug-likeness (QED) is 0.255. The number of carbonyl (C=O) groups excluding carboxylic acids is 2. The lowest BCUT2D eigenvalue weighted by Gasteiger charge is -2.17. The molecule has 0 fully saturated rings. The lowest BCUT2D eigenvalue weighted by Crippen LogP contribution is -2.28. The Balaban J connectivity index is 1.94. The molecular weight excluding hydrogens is 449 g/mol. The fourth-order valence-corrected chi connectivity index (χ4v) is 5.27. The number of esters is 1. The van der Waals surface area contributed by atoms with Crippen molar-refractivity contribution in [2.75, 3.05) is 32.5 Å². The van der Waals surface area contributed by atoms with Crippen molar-refractivity contribution < 1.29 is 37.8 Å². The van der Waals surface area contributed by atoms with Gasteiger partial charge in [-0.2, -0.15) is 0 Å². The molecule has 2 N–H and O–H groups in total. The van der Waals surface area contributed by atoms with Crippen molar-refractivity contribution >= 4 is 19.7 Å². The number of carbonyl (C=O) groups is 2. The van der Waals surface area contributed by atoms with E-state index in [1.54, 1.807) is 13.8 Å². The fraction of sp³-hybridized carbons (Fsp3) is 0.565. The normalized spacial score (nSPS) is 13.6. The van der Waals surface area contributed by atoms with Crippen LogP contribution in [0.2, 0.25) is 0 Å². The van der Waals surface area contributed by atoms with Gasteiger partial charge in [0.1, 0.15) is 24.5 Å². The van der Waals surface area contributed by atoms with Gasteiger partial charge in [0.15, 0.2) is 0 Å². The van der Waals surface area contributed by atoms with Crippen LogP contribution >= 0.6 is 7.60 Å². The number of hydrogen-bond donors (Lipinski definition) is 2. The SMILES string of the molecule is CCOP(=O)(CCNC(=O)OC/C(C)=C/Cc1c(O)c2c(c(C)c1CC)COC2=O)OCC. The van der Waals surface area contributed by atoms with Crippen LogP contribution in [-0.4, -0.2) is 49.7 Å². The molecule has 0 atom stereocenters. The Bertz CT molecular complexity index is 947. The zero-order valence-corrected chi connectivity index (χ0v) is 20.9. The zero-order chi connectivity index (χ0) is 24.6. The maximum Gasteiger partial charge on any atom is 0.407 e. The van der Waals surface area contributed by atoms with Gasteiger partial charge in [0, 0.05) is 17.7 Å². The molecule has 1 aliphatic heterocycles. The first-order valence-corrected chi connectivity index (χ1v) is 12.9. The molecule has 0 spiro atoms. The van der Waals surface area contributed by atoms with Crippen molar-refractivity contribution in [3.8, 4) is 5.75 Å². The third kappa shape index (κ3) is 6.82. The molecule has 184 valence electrons. The molecule has 0 unspecified atom stereocenters. The Morgan fingerprint density at radius 3 is 2.48 bits per heavy atom. The van der Waals surface area contributed by atoms with Crippen molar-refractivity contribution in [1.29, 1.82) is 0 Å². The minimum Gasteiger partial charge on any atom is -0.507 e. The molecule has 0 saturated heterocycles. The highest BCUT2D eigenvalue weighted by Crippen LogP contribution is 2.47. The average Bonchev–Trinajstić information content (AvgIpc) is 3.16. The first kappa shape index (κ1) is 26.9. The van der Waals surface area contributed by atoms with Crippen LogP contribution in [0.5, 0.6) is 5.75 Å². The summed E-state index contributed by atoms with van der Waals surface area (Å²) in [5.74, 6) is -0.542. The van der Waals surface area contributed by atoms with E-state index >= 15 is 0 Å². The van der Waals surface area contributed by atoms with E-state index in [4.69, 9.17) is 18.5 Å². The first-order valence-electron chi connectivity index (χ1n) is 11.1. The summed E-state index contributed by atoms with van der Waals surface area (Å²) >= 11 is 0. The number of fused-ring (bicyclic) bond motifs is 1. The second kappa shape index (κ2) is 12.2. The lowest BCUT2D eigenvalue weighted by molar-refractivity contribution is 0.0532. The van der Waals surface area contributed by atoms with Crippen molar-refractivity contribution in [3.63, 3.8) is 0 Å². The summed E-state index contributed by atoms with van der Waals surface area (Å²) in [6.07, 6.45) is 2.36. The van der Waals surface area contributed by atoms with Crippen LogP contribution in [0.15, 0.2) is 11.6 Å². The number of nitrogens with one attached hydrogen (secondary N) is 1. The Kier molecular flexibility index (Phi) is 9.95. The van der Waals surface area contributed by atoms with Gasteiger partial charge in [-0.25, -0.2) is 9.59 Å². The van der Waals surface area contributed by atoms with Crippen molar-refractivity contribution in [2.45, 2.75) is 54.1 Å². The monoisotopic (exact) mass is 483 g/mol. The van der Waals surface area contributed by atoms with Gasteiger partial charge in [0.25, 0.3) is 0 Å². The van der Waals surface area contributed by atoms with E-state index in [9.17, 15) is 19.3 Å². The number of amides is 1. The van der Waals surface area contributed by atoms with Crippen LogP contribution < -0.4 is 5.32 Å².